The molecule has 0 unspecified atom stereocenters. The van der Waals surface area contributed by atoms with Crippen LogP contribution < -0.4 is 5.32 Å². The Morgan fingerprint density at radius 2 is 2.00 bits per heavy atom. The summed E-state index contributed by atoms with van der Waals surface area (Å²) in [6.45, 7) is 3.97. The van der Waals surface area contributed by atoms with Gasteiger partial charge in [-0.2, -0.15) is 0 Å². The number of carbonyl (C=O) groups excluding carboxylic acids is 1. The summed E-state index contributed by atoms with van der Waals surface area (Å²) in [6, 6.07) is 5.74. The zero-order valence-corrected chi connectivity index (χ0v) is 15.6. The minimum Gasteiger partial charge on any atom is -0.340 e. The molecule has 0 aliphatic heterocycles. The van der Waals surface area contributed by atoms with Crippen LogP contribution in [0.1, 0.15) is 52.6 Å². The fourth-order valence-corrected chi connectivity index (χ4v) is 4.71. The predicted octanol–water partition coefficient (Wildman–Crippen LogP) is 3.85. The molecule has 1 amide bonds. The Bertz CT molecular complexity index is 950. The van der Waals surface area contributed by atoms with Crippen LogP contribution in [-0.4, -0.2) is 20.4 Å². The lowest BCUT2D eigenvalue weighted by Crippen LogP contribution is -2.43. The molecule has 0 bridgehead atoms. The number of aromatic nitrogens is 3. The Morgan fingerprint density at radius 3 is 2.68 bits per heavy atom. The van der Waals surface area contributed by atoms with Gasteiger partial charge in [0.1, 0.15) is 10.8 Å². The number of amides is 1. The maximum atomic E-state index is 13.0. The quantitative estimate of drug-likeness (QED) is 0.777. The molecule has 1 aromatic carbocycles. The zero-order valence-electron chi connectivity index (χ0n) is 14.8. The molecule has 25 heavy (non-hydrogen) atoms. The number of nitrogens with zero attached hydrogens (tertiary/aromatic N) is 3. The van der Waals surface area contributed by atoms with Gasteiger partial charge in [-0.3, -0.25) is 4.79 Å². The van der Waals surface area contributed by atoms with Gasteiger partial charge in [0.15, 0.2) is 0 Å². The van der Waals surface area contributed by atoms with Crippen molar-refractivity contribution in [3.63, 3.8) is 0 Å². The normalized spacial score (nSPS) is 16.4. The molecule has 2 aromatic heterocycles. The molecular weight excluding hydrogens is 332 g/mol. The molecule has 130 valence electrons. The molecule has 1 saturated carbocycles. The van der Waals surface area contributed by atoms with Gasteiger partial charge in [0.25, 0.3) is 5.91 Å². The monoisotopic (exact) mass is 354 g/mol. The van der Waals surface area contributed by atoms with E-state index in [-0.39, 0.29) is 11.4 Å². The lowest BCUT2D eigenvalue weighted by molar-refractivity contribution is 0.0898. The molecule has 6 heteroatoms. The number of imidazole rings is 1. The molecule has 3 aromatic rings. The first-order chi connectivity index (χ1) is 12.0. The van der Waals surface area contributed by atoms with Crippen molar-refractivity contribution in [2.24, 2.45) is 7.05 Å². The van der Waals surface area contributed by atoms with Gasteiger partial charge in [-0.25, -0.2) is 9.97 Å². The van der Waals surface area contributed by atoms with E-state index in [1.54, 1.807) is 11.3 Å². The number of thiazole rings is 1. The maximum Gasteiger partial charge on any atom is 0.252 e. The second-order valence-electron chi connectivity index (χ2n) is 6.96. The van der Waals surface area contributed by atoms with Gasteiger partial charge in [0.05, 0.1) is 16.6 Å². The number of fused-ring (bicyclic) bond motifs is 1. The van der Waals surface area contributed by atoms with Crippen LogP contribution in [0.25, 0.3) is 11.0 Å². The summed E-state index contributed by atoms with van der Waals surface area (Å²) in [5.41, 5.74) is 3.26. The fourth-order valence-electron chi connectivity index (χ4n) is 3.70. The van der Waals surface area contributed by atoms with Gasteiger partial charge in [-0.1, -0.05) is 12.8 Å². The van der Waals surface area contributed by atoms with E-state index in [1.165, 1.54) is 0 Å². The SMILES string of the molecule is Cc1csc(C2(NC(=O)c3ccc4c(c3)nc(C)n4C)CCCC2)n1. The van der Waals surface area contributed by atoms with Crippen molar-refractivity contribution in [3.8, 4) is 0 Å². The number of nitrogens with one attached hydrogen (secondary N) is 1. The van der Waals surface area contributed by atoms with Crippen LogP contribution in [0.5, 0.6) is 0 Å². The van der Waals surface area contributed by atoms with Crippen LogP contribution in [0.2, 0.25) is 0 Å². The molecular formula is C19H22N4OS. The number of benzene rings is 1. The van der Waals surface area contributed by atoms with E-state index >= 15 is 0 Å². The van der Waals surface area contributed by atoms with Gasteiger partial charge < -0.3 is 9.88 Å². The highest BCUT2D eigenvalue weighted by Gasteiger charge is 2.39. The van der Waals surface area contributed by atoms with E-state index in [1.807, 2.05) is 43.7 Å². The Labute approximate surface area is 151 Å². The second-order valence-corrected chi connectivity index (χ2v) is 7.82. The Kier molecular flexibility index (Phi) is 3.87. The van der Waals surface area contributed by atoms with Crippen molar-refractivity contribution in [2.45, 2.75) is 45.1 Å². The summed E-state index contributed by atoms with van der Waals surface area (Å²) in [5, 5.41) is 6.39. The standard InChI is InChI=1S/C19H22N4OS/c1-12-11-25-18(20-12)19(8-4-5-9-19)22-17(24)14-6-7-16-15(10-14)21-13(2)23(16)3/h6-7,10-11H,4-5,8-9H2,1-3H3,(H,22,24). The van der Waals surface area contributed by atoms with Crippen molar-refractivity contribution in [2.75, 3.05) is 0 Å². The summed E-state index contributed by atoms with van der Waals surface area (Å²) in [4.78, 5) is 22.2. The van der Waals surface area contributed by atoms with Crippen LogP contribution in [-0.2, 0) is 12.6 Å². The van der Waals surface area contributed by atoms with Crippen LogP contribution in [0, 0.1) is 13.8 Å². The number of hydrogen-bond donors (Lipinski definition) is 1. The number of rotatable bonds is 3. The van der Waals surface area contributed by atoms with Crippen molar-refractivity contribution in [1.82, 2.24) is 19.9 Å². The largest absolute Gasteiger partial charge is 0.340 e. The van der Waals surface area contributed by atoms with Gasteiger partial charge in [0.2, 0.25) is 0 Å². The Morgan fingerprint density at radius 1 is 1.24 bits per heavy atom. The molecule has 1 aliphatic carbocycles. The topological polar surface area (TPSA) is 59.8 Å². The highest BCUT2D eigenvalue weighted by Crippen LogP contribution is 2.40. The van der Waals surface area contributed by atoms with Crippen molar-refractivity contribution < 1.29 is 4.79 Å². The lowest BCUT2D eigenvalue weighted by atomic mass is 9.97. The molecule has 0 saturated heterocycles. The Balaban J connectivity index is 1.66. The van der Waals surface area contributed by atoms with E-state index in [9.17, 15) is 4.79 Å². The minimum atomic E-state index is -0.314. The third-order valence-corrected chi connectivity index (χ3v) is 6.37. The van der Waals surface area contributed by atoms with E-state index in [4.69, 9.17) is 0 Å². The van der Waals surface area contributed by atoms with Crippen molar-refractivity contribution >= 4 is 28.3 Å². The molecule has 1 fully saturated rings. The molecule has 1 N–H and O–H groups in total. The number of aryl methyl sites for hydroxylation is 3. The van der Waals surface area contributed by atoms with E-state index in [2.05, 4.69) is 20.7 Å². The average molecular weight is 354 g/mol. The smallest absolute Gasteiger partial charge is 0.252 e. The summed E-state index contributed by atoms with van der Waals surface area (Å²) in [7, 11) is 1.99. The highest BCUT2D eigenvalue weighted by atomic mass is 32.1. The minimum absolute atomic E-state index is 0.0417. The predicted molar refractivity (Wildman–Crippen MR) is 99.9 cm³/mol. The molecule has 0 atom stereocenters. The van der Waals surface area contributed by atoms with Crippen molar-refractivity contribution in [1.29, 1.82) is 0 Å². The summed E-state index contributed by atoms with van der Waals surface area (Å²) < 4.78 is 2.04. The third kappa shape index (κ3) is 2.74. The zero-order chi connectivity index (χ0) is 17.6. The van der Waals surface area contributed by atoms with Crippen LogP contribution in [0.15, 0.2) is 23.6 Å². The van der Waals surface area contributed by atoms with Gasteiger partial charge >= 0.3 is 0 Å². The van der Waals surface area contributed by atoms with Gasteiger partial charge in [-0.15, -0.1) is 11.3 Å². The summed E-state index contributed by atoms with van der Waals surface area (Å²) in [6.07, 6.45) is 4.15. The van der Waals surface area contributed by atoms with E-state index in [0.29, 0.717) is 5.56 Å². The number of hydrogen-bond acceptors (Lipinski definition) is 4. The molecule has 0 radical (unpaired) electrons. The first-order valence-electron chi connectivity index (χ1n) is 8.67. The van der Waals surface area contributed by atoms with Gasteiger partial charge in [0, 0.05) is 23.7 Å². The fraction of sp³-hybridized carbons (Fsp3) is 0.421. The third-order valence-electron chi connectivity index (χ3n) is 5.20. The van der Waals surface area contributed by atoms with E-state index in [0.717, 1.165) is 53.2 Å². The first kappa shape index (κ1) is 16.3. The van der Waals surface area contributed by atoms with Crippen LogP contribution in [0.4, 0.5) is 0 Å². The Hall–Kier alpha value is -2.21. The average Bonchev–Trinajstić information content (AvgIpc) is 3.29. The lowest BCUT2D eigenvalue weighted by Gasteiger charge is -2.28. The van der Waals surface area contributed by atoms with Crippen LogP contribution >= 0.6 is 11.3 Å². The molecule has 1 aliphatic rings. The molecule has 2 heterocycles. The second kappa shape index (κ2) is 5.95. The number of carbonyl (C=O) groups is 1. The first-order valence-corrected chi connectivity index (χ1v) is 9.55. The molecule has 5 nitrogen and oxygen atoms in total. The van der Waals surface area contributed by atoms with Crippen LogP contribution in [0.3, 0.4) is 0 Å². The molecule has 4 rings (SSSR count). The van der Waals surface area contributed by atoms with Gasteiger partial charge in [-0.05, 0) is 44.9 Å². The summed E-state index contributed by atoms with van der Waals surface area (Å²) in [5.74, 6) is 0.901. The highest BCUT2D eigenvalue weighted by molar-refractivity contribution is 7.09. The maximum absolute atomic E-state index is 13.0. The summed E-state index contributed by atoms with van der Waals surface area (Å²) >= 11 is 1.65. The molecule has 0 spiro atoms. The van der Waals surface area contributed by atoms with Crippen molar-refractivity contribution in [3.05, 3.63) is 45.7 Å². The van der Waals surface area contributed by atoms with E-state index < -0.39 is 0 Å².